The van der Waals surface area contributed by atoms with E-state index >= 15 is 0 Å². The lowest BCUT2D eigenvalue weighted by Crippen LogP contribution is -2.31. The molecule has 1 amide bonds. The van der Waals surface area contributed by atoms with E-state index in [0.717, 1.165) is 5.56 Å². The van der Waals surface area contributed by atoms with Crippen LogP contribution in [0.15, 0.2) is 72.3 Å². The highest BCUT2D eigenvalue weighted by Crippen LogP contribution is 2.42. The van der Waals surface area contributed by atoms with Crippen molar-refractivity contribution in [3.05, 3.63) is 94.8 Å². The summed E-state index contributed by atoms with van der Waals surface area (Å²) in [5, 5.41) is 11.4. The van der Waals surface area contributed by atoms with Crippen LogP contribution in [0.25, 0.3) is 5.76 Å². The quantitative estimate of drug-likeness (QED) is 0.235. The summed E-state index contributed by atoms with van der Waals surface area (Å²) >= 11 is 0. The maximum Gasteiger partial charge on any atom is 0.295 e. The third kappa shape index (κ3) is 5.49. The van der Waals surface area contributed by atoms with Crippen LogP contribution in [0.3, 0.4) is 0 Å². The monoisotopic (exact) mass is 519 g/mol. The second-order valence-electron chi connectivity index (χ2n) is 9.17. The number of aliphatic hydroxyl groups is 1. The molecule has 198 valence electrons. The Morgan fingerprint density at radius 2 is 1.61 bits per heavy atom. The van der Waals surface area contributed by atoms with Gasteiger partial charge in [-0.05, 0) is 67.8 Å². The Morgan fingerprint density at radius 1 is 0.947 bits per heavy atom. The van der Waals surface area contributed by atoms with Gasteiger partial charge in [-0.3, -0.25) is 9.59 Å². The lowest BCUT2D eigenvalue weighted by molar-refractivity contribution is -0.139. The van der Waals surface area contributed by atoms with Gasteiger partial charge in [0.2, 0.25) is 0 Å². The summed E-state index contributed by atoms with van der Waals surface area (Å²) in [6.45, 7) is 4.02. The molecule has 7 nitrogen and oxygen atoms in total. The number of amides is 1. The number of carbonyl (C=O) groups excluding carboxylic acids is 2. The Hall–Kier alpha value is -4.33. The van der Waals surface area contributed by atoms with Crippen LogP contribution in [0, 0.1) is 5.82 Å². The third-order valence-electron chi connectivity index (χ3n) is 6.33. The highest BCUT2D eigenvalue weighted by molar-refractivity contribution is 6.46. The average Bonchev–Trinajstić information content (AvgIpc) is 3.17. The summed E-state index contributed by atoms with van der Waals surface area (Å²) < 4.78 is 29.8. The van der Waals surface area contributed by atoms with Crippen LogP contribution in [0.2, 0.25) is 0 Å². The normalized spacial score (nSPS) is 16.7. The van der Waals surface area contributed by atoms with Crippen molar-refractivity contribution in [2.45, 2.75) is 32.4 Å². The molecule has 1 unspecified atom stereocenters. The molecule has 1 aliphatic rings. The van der Waals surface area contributed by atoms with Crippen LogP contribution < -0.4 is 14.2 Å². The molecule has 0 spiro atoms. The van der Waals surface area contributed by atoms with E-state index in [1.807, 2.05) is 13.8 Å². The minimum Gasteiger partial charge on any atom is -0.507 e. The predicted molar refractivity (Wildman–Crippen MR) is 141 cm³/mol. The molecule has 38 heavy (non-hydrogen) atoms. The summed E-state index contributed by atoms with van der Waals surface area (Å²) in [4.78, 5) is 28.1. The number of hydrogen-bond donors (Lipinski definition) is 1. The van der Waals surface area contributed by atoms with E-state index in [4.69, 9.17) is 14.2 Å². The van der Waals surface area contributed by atoms with E-state index in [-0.39, 0.29) is 35.4 Å². The Labute approximate surface area is 221 Å². The standard InChI is InChI=1S/C30H30FNO6/c1-18(2)38-22-11-7-20(8-12-22)27-26(28(33)24-14-13-23(36-3)17-25(24)37-4)29(34)30(35)32(27)16-15-19-5-9-21(31)10-6-19/h5-14,17-18,27,33H,15-16H2,1-4H3/b28-26-. The molecule has 1 saturated heterocycles. The Kier molecular flexibility index (Phi) is 8.00. The van der Waals surface area contributed by atoms with Crippen molar-refractivity contribution >= 4 is 17.4 Å². The van der Waals surface area contributed by atoms with Crippen LogP contribution in [-0.2, 0) is 16.0 Å². The number of methoxy groups -OCH3 is 2. The molecule has 3 aromatic carbocycles. The van der Waals surface area contributed by atoms with Crippen LogP contribution in [-0.4, -0.2) is 48.6 Å². The minimum atomic E-state index is -0.852. The molecule has 0 saturated carbocycles. The molecule has 1 atom stereocenters. The number of rotatable bonds is 9. The van der Waals surface area contributed by atoms with Gasteiger partial charge in [0, 0.05) is 12.6 Å². The smallest absolute Gasteiger partial charge is 0.295 e. The fraction of sp³-hybridized carbons (Fsp3) is 0.267. The first-order valence-corrected chi connectivity index (χ1v) is 12.2. The molecule has 4 rings (SSSR count). The number of ether oxygens (including phenoxy) is 3. The summed E-state index contributed by atoms with van der Waals surface area (Å²) in [7, 11) is 2.95. The van der Waals surface area contributed by atoms with Gasteiger partial charge in [-0.1, -0.05) is 24.3 Å². The first kappa shape index (κ1) is 26.7. The molecular formula is C30H30FNO6. The van der Waals surface area contributed by atoms with Gasteiger partial charge >= 0.3 is 0 Å². The number of benzene rings is 3. The lowest BCUT2D eigenvalue weighted by atomic mass is 9.94. The molecule has 1 fully saturated rings. The van der Waals surface area contributed by atoms with E-state index in [1.165, 1.54) is 31.3 Å². The van der Waals surface area contributed by atoms with Crippen molar-refractivity contribution in [2.24, 2.45) is 0 Å². The Morgan fingerprint density at radius 3 is 2.21 bits per heavy atom. The van der Waals surface area contributed by atoms with Gasteiger partial charge in [0.25, 0.3) is 11.7 Å². The Balaban J connectivity index is 1.79. The molecule has 0 radical (unpaired) electrons. The molecule has 8 heteroatoms. The van der Waals surface area contributed by atoms with Crippen molar-refractivity contribution < 1.29 is 33.3 Å². The van der Waals surface area contributed by atoms with Gasteiger partial charge in [-0.15, -0.1) is 0 Å². The maximum absolute atomic E-state index is 13.4. The van der Waals surface area contributed by atoms with E-state index in [0.29, 0.717) is 29.2 Å². The second-order valence-corrected chi connectivity index (χ2v) is 9.17. The number of ketones is 1. The number of Topliss-reactive ketones (excluding diaryl/α,β-unsaturated/α-hetero) is 1. The Bertz CT molecular complexity index is 1350. The summed E-state index contributed by atoms with van der Waals surface area (Å²) in [5.74, 6) is -0.787. The molecule has 1 heterocycles. The second kappa shape index (κ2) is 11.4. The molecule has 1 N–H and O–H groups in total. The van der Waals surface area contributed by atoms with Crippen molar-refractivity contribution in [3.63, 3.8) is 0 Å². The van der Waals surface area contributed by atoms with Crippen LogP contribution in [0.1, 0.15) is 36.6 Å². The largest absolute Gasteiger partial charge is 0.507 e. The minimum absolute atomic E-state index is 0.0234. The number of hydrogen-bond acceptors (Lipinski definition) is 6. The number of aliphatic hydroxyl groups excluding tert-OH is 1. The number of likely N-dealkylation sites (tertiary alicyclic amines) is 1. The number of nitrogens with zero attached hydrogens (tertiary/aromatic N) is 1. The number of halogens is 1. The van der Waals surface area contributed by atoms with E-state index in [1.54, 1.807) is 54.6 Å². The fourth-order valence-electron chi connectivity index (χ4n) is 4.50. The van der Waals surface area contributed by atoms with Gasteiger partial charge in [0.1, 0.15) is 28.8 Å². The highest BCUT2D eigenvalue weighted by Gasteiger charge is 2.46. The van der Waals surface area contributed by atoms with Gasteiger partial charge in [-0.2, -0.15) is 0 Å². The zero-order chi connectivity index (χ0) is 27.4. The lowest BCUT2D eigenvalue weighted by Gasteiger charge is -2.26. The van der Waals surface area contributed by atoms with Gasteiger partial charge in [0.15, 0.2) is 0 Å². The van der Waals surface area contributed by atoms with Crippen LogP contribution >= 0.6 is 0 Å². The average molecular weight is 520 g/mol. The molecule has 0 bridgehead atoms. The van der Waals surface area contributed by atoms with Gasteiger partial charge in [-0.25, -0.2) is 4.39 Å². The van der Waals surface area contributed by atoms with E-state index < -0.39 is 17.7 Å². The van der Waals surface area contributed by atoms with Crippen molar-refractivity contribution in [2.75, 3.05) is 20.8 Å². The van der Waals surface area contributed by atoms with Gasteiger partial charge in [0.05, 0.1) is 37.5 Å². The zero-order valence-electron chi connectivity index (χ0n) is 21.7. The fourth-order valence-corrected chi connectivity index (χ4v) is 4.50. The van der Waals surface area contributed by atoms with Crippen molar-refractivity contribution in [3.8, 4) is 17.2 Å². The predicted octanol–water partition coefficient (Wildman–Crippen LogP) is 5.29. The van der Waals surface area contributed by atoms with Gasteiger partial charge < -0.3 is 24.2 Å². The van der Waals surface area contributed by atoms with E-state index in [9.17, 15) is 19.1 Å². The van der Waals surface area contributed by atoms with Crippen molar-refractivity contribution in [1.82, 2.24) is 4.90 Å². The topological polar surface area (TPSA) is 85.3 Å². The SMILES string of the molecule is COc1ccc(/C(O)=C2/C(=O)C(=O)N(CCc3ccc(F)cc3)C2c2ccc(OC(C)C)cc2)c(OC)c1. The third-order valence-corrected chi connectivity index (χ3v) is 6.33. The summed E-state index contributed by atoms with van der Waals surface area (Å²) in [6.07, 6.45) is 0.370. The van der Waals surface area contributed by atoms with Crippen molar-refractivity contribution in [1.29, 1.82) is 0 Å². The number of carbonyl (C=O) groups is 2. The molecule has 3 aromatic rings. The zero-order valence-corrected chi connectivity index (χ0v) is 21.7. The summed E-state index contributed by atoms with van der Waals surface area (Å²) in [6, 6.07) is 17.0. The molecule has 1 aliphatic heterocycles. The molecule has 0 aromatic heterocycles. The van der Waals surface area contributed by atoms with Crippen LogP contribution in [0.4, 0.5) is 4.39 Å². The van der Waals surface area contributed by atoms with E-state index in [2.05, 4.69) is 0 Å². The molecular weight excluding hydrogens is 489 g/mol. The first-order valence-electron chi connectivity index (χ1n) is 12.2. The highest BCUT2D eigenvalue weighted by atomic mass is 19.1. The molecule has 0 aliphatic carbocycles. The van der Waals surface area contributed by atoms with Crippen LogP contribution in [0.5, 0.6) is 17.2 Å². The summed E-state index contributed by atoms with van der Waals surface area (Å²) in [5.41, 5.74) is 1.66. The first-order chi connectivity index (χ1) is 18.2. The maximum atomic E-state index is 13.4.